The molecule has 1 atom stereocenters. The molecule has 0 radical (unpaired) electrons. The molecule has 1 aliphatic heterocycles. The minimum absolute atomic E-state index is 0.555. The highest BCUT2D eigenvalue weighted by Crippen LogP contribution is 2.09. The molecule has 1 N–H and O–H groups in total. The summed E-state index contributed by atoms with van der Waals surface area (Å²) in [5.74, 6) is 0. The summed E-state index contributed by atoms with van der Waals surface area (Å²) in [5, 5.41) is 12.2. The molecule has 0 aromatic carbocycles. The largest absolute Gasteiger partial charge is 0.338 e. The Balaban J connectivity index is 2.04. The van der Waals surface area contributed by atoms with Gasteiger partial charge in [0, 0.05) is 18.8 Å². The number of aromatic nitrogens is 1. The van der Waals surface area contributed by atoms with Gasteiger partial charge in [0.1, 0.15) is 11.8 Å². The van der Waals surface area contributed by atoms with Crippen LogP contribution in [0.25, 0.3) is 0 Å². The van der Waals surface area contributed by atoms with Gasteiger partial charge in [-0.05, 0) is 31.5 Å². The Morgan fingerprint density at radius 3 is 3.31 bits per heavy atom. The van der Waals surface area contributed by atoms with Crippen molar-refractivity contribution in [3.05, 3.63) is 24.0 Å². The van der Waals surface area contributed by atoms with E-state index < -0.39 is 0 Å². The summed E-state index contributed by atoms with van der Waals surface area (Å²) in [6.07, 6.45) is 4.45. The summed E-state index contributed by atoms with van der Waals surface area (Å²) in [6.45, 7) is 2.05. The third kappa shape index (κ3) is 1.73. The molecule has 0 saturated carbocycles. The first-order valence-corrected chi connectivity index (χ1v) is 4.69. The van der Waals surface area contributed by atoms with Crippen LogP contribution in [0.2, 0.25) is 0 Å². The predicted octanol–water partition coefficient (Wildman–Crippen LogP) is 1.11. The van der Waals surface area contributed by atoms with Crippen LogP contribution >= 0.6 is 0 Å². The van der Waals surface area contributed by atoms with E-state index in [-0.39, 0.29) is 0 Å². The highest BCUT2D eigenvalue weighted by Gasteiger charge is 2.14. The molecule has 1 aromatic heterocycles. The molecule has 2 rings (SSSR count). The van der Waals surface area contributed by atoms with Gasteiger partial charge in [0.15, 0.2) is 0 Å². The van der Waals surface area contributed by atoms with Crippen molar-refractivity contribution in [1.82, 2.24) is 9.88 Å². The van der Waals surface area contributed by atoms with Gasteiger partial charge in [-0.3, -0.25) is 0 Å². The van der Waals surface area contributed by atoms with Crippen LogP contribution in [0.3, 0.4) is 0 Å². The second kappa shape index (κ2) is 3.63. The van der Waals surface area contributed by atoms with E-state index in [1.807, 2.05) is 22.9 Å². The lowest BCUT2D eigenvalue weighted by Gasteiger charge is -2.11. The summed E-state index contributed by atoms with van der Waals surface area (Å²) in [5.41, 5.74) is 0.758. The zero-order valence-electron chi connectivity index (χ0n) is 7.53. The molecule has 0 aliphatic carbocycles. The lowest BCUT2D eigenvalue weighted by Crippen LogP contribution is -2.26. The molecular weight excluding hydrogens is 162 g/mol. The van der Waals surface area contributed by atoms with Gasteiger partial charge in [-0.2, -0.15) is 5.26 Å². The van der Waals surface area contributed by atoms with Crippen LogP contribution in [0, 0.1) is 11.3 Å². The summed E-state index contributed by atoms with van der Waals surface area (Å²) in [7, 11) is 0. The highest BCUT2D eigenvalue weighted by atomic mass is 15.0. The number of nitrogens with one attached hydrogen (secondary N) is 1. The first-order valence-electron chi connectivity index (χ1n) is 4.69. The van der Waals surface area contributed by atoms with Crippen molar-refractivity contribution in [3.63, 3.8) is 0 Å². The van der Waals surface area contributed by atoms with Gasteiger partial charge in [0.25, 0.3) is 0 Å². The molecular formula is C10H13N3. The Hall–Kier alpha value is -1.27. The quantitative estimate of drug-likeness (QED) is 0.731. The fraction of sp³-hybridized carbons (Fsp3) is 0.500. The molecule has 2 heterocycles. The normalized spacial score (nSPS) is 21.6. The lowest BCUT2D eigenvalue weighted by atomic mass is 10.2. The van der Waals surface area contributed by atoms with Crippen molar-refractivity contribution in [2.75, 3.05) is 6.54 Å². The second-order valence-electron chi connectivity index (χ2n) is 3.45. The third-order valence-corrected chi connectivity index (χ3v) is 2.52. The van der Waals surface area contributed by atoms with Crippen molar-refractivity contribution in [2.24, 2.45) is 0 Å². The monoisotopic (exact) mass is 175 g/mol. The Kier molecular flexibility index (Phi) is 2.33. The summed E-state index contributed by atoms with van der Waals surface area (Å²) in [6, 6.07) is 6.52. The number of nitriles is 1. The van der Waals surface area contributed by atoms with Gasteiger partial charge in [0.2, 0.25) is 0 Å². The van der Waals surface area contributed by atoms with E-state index in [1.165, 1.54) is 12.8 Å². The van der Waals surface area contributed by atoms with Crippen LogP contribution in [0.15, 0.2) is 18.3 Å². The van der Waals surface area contributed by atoms with E-state index in [4.69, 9.17) is 5.26 Å². The first kappa shape index (κ1) is 8.33. The molecule has 3 nitrogen and oxygen atoms in total. The standard InChI is InChI=1S/C10H13N3/c11-7-10-4-2-6-13(10)8-9-3-1-5-12-9/h2,4,6,9,12H,1,3,5,8H2. The molecule has 0 spiro atoms. The average molecular weight is 175 g/mol. The zero-order valence-corrected chi connectivity index (χ0v) is 7.53. The van der Waals surface area contributed by atoms with Gasteiger partial charge in [-0.15, -0.1) is 0 Å². The van der Waals surface area contributed by atoms with Crippen LogP contribution < -0.4 is 5.32 Å². The van der Waals surface area contributed by atoms with E-state index in [0.717, 1.165) is 18.8 Å². The number of hydrogen-bond acceptors (Lipinski definition) is 2. The zero-order chi connectivity index (χ0) is 9.10. The molecule has 3 heteroatoms. The first-order chi connectivity index (χ1) is 6.40. The average Bonchev–Trinajstić information content (AvgIpc) is 2.76. The Morgan fingerprint density at radius 1 is 1.69 bits per heavy atom. The topological polar surface area (TPSA) is 40.8 Å². The van der Waals surface area contributed by atoms with Crippen LogP contribution in [0.4, 0.5) is 0 Å². The molecule has 0 bridgehead atoms. The SMILES string of the molecule is N#Cc1cccn1CC1CCCN1. The van der Waals surface area contributed by atoms with E-state index in [2.05, 4.69) is 11.4 Å². The summed E-state index contributed by atoms with van der Waals surface area (Å²) >= 11 is 0. The van der Waals surface area contributed by atoms with Gasteiger partial charge in [-0.1, -0.05) is 0 Å². The van der Waals surface area contributed by atoms with Crippen molar-refractivity contribution in [1.29, 1.82) is 5.26 Å². The minimum atomic E-state index is 0.555. The van der Waals surface area contributed by atoms with Crippen LogP contribution in [-0.2, 0) is 6.54 Å². The number of nitrogens with zero attached hydrogens (tertiary/aromatic N) is 2. The van der Waals surface area contributed by atoms with Crippen molar-refractivity contribution in [2.45, 2.75) is 25.4 Å². The molecule has 1 fully saturated rings. The summed E-state index contributed by atoms with van der Waals surface area (Å²) in [4.78, 5) is 0. The third-order valence-electron chi connectivity index (χ3n) is 2.52. The molecule has 68 valence electrons. The fourth-order valence-corrected chi connectivity index (χ4v) is 1.82. The highest BCUT2D eigenvalue weighted by molar-refractivity contribution is 5.22. The fourth-order valence-electron chi connectivity index (χ4n) is 1.82. The number of rotatable bonds is 2. The molecule has 1 aromatic rings. The van der Waals surface area contributed by atoms with E-state index in [1.54, 1.807) is 0 Å². The van der Waals surface area contributed by atoms with Gasteiger partial charge in [-0.25, -0.2) is 0 Å². The maximum atomic E-state index is 8.79. The molecule has 13 heavy (non-hydrogen) atoms. The van der Waals surface area contributed by atoms with E-state index in [0.29, 0.717) is 6.04 Å². The van der Waals surface area contributed by atoms with Gasteiger partial charge >= 0.3 is 0 Å². The maximum Gasteiger partial charge on any atom is 0.120 e. The summed E-state index contributed by atoms with van der Waals surface area (Å²) < 4.78 is 2.02. The maximum absolute atomic E-state index is 8.79. The Bertz CT molecular complexity index is 315. The molecule has 1 unspecified atom stereocenters. The number of hydrogen-bond donors (Lipinski definition) is 1. The molecule has 0 amide bonds. The second-order valence-corrected chi connectivity index (χ2v) is 3.45. The Labute approximate surface area is 78.0 Å². The van der Waals surface area contributed by atoms with Crippen molar-refractivity contribution < 1.29 is 0 Å². The van der Waals surface area contributed by atoms with Crippen LogP contribution in [0.5, 0.6) is 0 Å². The van der Waals surface area contributed by atoms with Gasteiger partial charge in [0.05, 0.1) is 0 Å². The Morgan fingerprint density at radius 2 is 2.62 bits per heavy atom. The predicted molar refractivity (Wildman–Crippen MR) is 50.2 cm³/mol. The van der Waals surface area contributed by atoms with Crippen LogP contribution in [-0.4, -0.2) is 17.2 Å². The van der Waals surface area contributed by atoms with E-state index in [9.17, 15) is 0 Å². The molecule has 1 aliphatic rings. The van der Waals surface area contributed by atoms with Crippen molar-refractivity contribution in [3.8, 4) is 6.07 Å². The molecule has 1 saturated heterocycles. The minimum Gasteiger partial charge on any atom is -0.338 e. The van der Waals surface area contributed by atoms with Crippen molar-refractivity contribution >= 4 is 0 Å². The van der Waals surface area contributed by atoms with E-state index >= 15 is 0 Å². The lowest BCUT2D eigenvalue weighted by molar-refractivity contribution is 0.508. The van der Waals surface area contributed by atoms with Gasteiger partial charge < -0.3 is 9.88 Å². The smallest absolute Gasteiger partial charge is 0.120 e. The van der Waals surface area contributed by atoms with Crippen LogP contribution in [0.1, 0.15) is 18.5 Å².